The van der Waals surface area contributed by atoms with Crippen LogP contribution in [-0.2, 0) is 0 Å². The van der Waals surface area contributed by atoms with Crippen LogP contribution in [0.3, 0.4) is 0 Å². The van der Waals surface area contributed by atoms with Crippen LogP contribution in [0.15, 0.2) is 36.4 Å². The van der Waals surface area contributed by atoms with E-state index in [4.69, 9.17) is 11.6 Å². The van der Waals surface area contributed by atoms with E-state index < -0.39 is 6.10 Å². The highest BCUT2D eigenvalue weighted by Gasteiger charge is 2.06. The zero-order chi connectivity index (χ0) is 9.84. The van der Waals surface area contributed by atoms with Crippen molar-refractivity contribution in [1.82, 2.24) is 0 Å². The SMILES string of the molecule is C=C(C)C[C@@H](O)c1ccc(Cl)cc1. The second-order valence-electron chi connectivity index (χ2n) is 3.23. The highest BCUT2D eigenvalue weighted by Crippen LogP contribution is 2.21. The first-order chi connectivity index (χ1) is 6.09. The van der Waals surface area contributed by atoms with Gasteiger partial charge >= 0.3 is 0 Å². The van der Waals surface area contributed by atoms with Gasteiger partial charge in [-0.1, -0.05) is 29.3 Å². The average Bonchev–Trinajstić information content (AvgIpc) is 2.04. The molecule has 0 aliphatic heterocycles. The van der Waals surface area contributed by atoms with E-state index in [9.17, 15) is 5.11 Å². The van der Waals surface area contributed by atoms with E-state index in [2.05, 4.69) is 6.58 Å². The Morgan fingerprint density at radius 2 is 2.00 bits per heavy atom. The van der Waals surface area contributed by atoms with E-state index in [0.29, 0.717) is 11.4 Å². The first kappa shape index (κ1) is 10.3. The second-order valence-corrected chi connectivity index (χ2v) is 3.67. The molecular formula is C11H13ClO. The first-order valence-corrected chi connectivity index (χ1v) is 4.55. The minimum Gasteiger partial charge on any atom is -0.388 e. The molecule has 1 rings (SSSR count). The molecule has 0 amide bonds. The van der Waals surface area contributed by atoms with Crippen molar-refractivity contribution < 1.29 is 5.11 Å². The first-order valence-electron chi connectivity index (χ1n) is 4.17. The van der Waals surface area contributed by atoms with Crippen molar-refractivity contribution in [2.45, 2.75) is 19.4 Å². The van der Waals surface area contributed by atoms with Crippen LogP contribution in [-0.4, -0.2) is 5.11 Å². The molecule has 0 aliphatic carbocycles. The van der Waals surface area contributed by atoms with Gasteiger partial charge in [-0.2, -0.15) is 0 Å². The molecule has 0 unspecified atom stereocenters. The molecule has 0 saturated heterocycles. The number of halogens is 1. The van der Waals surface area contributed by atoms with Crippen molar-refractivity contribution in [3.05, 3.63) is 47.0 Å². The molecule has 0 aliphatic rings. The van der Waals surface area contributed by atoms with E-state index in [-0.39, 0.29) is 0 Å². The Bertz CT molecular complexity index is 289. The predicted molar refractivity (Wildman–Crippen MR) is 55.8 cm³/mol. The fourth-order valence-electron chi connectivity index (χ4n) is 1.13. The van der Waals surface area contributed by atoms with Crippen molar-refractivity contribution in [3.63, 3.8) is 0 Å². The summed E-state index contributed by atoms with van der Waals surface area (Å²) in [5.74, 6) is 0. The molecule has 1 nitrogen and oxygen atoms in total. The fourth-order valence-corrected chi connectivity index (χ4v) is 1.26. The quantitative estimate of drug-likeness (QED) is 0.736. The van der Waals surface area contributed by atoms with Gasteiger partial charge in [0.25, 0.3) is 0 Å². The third kappa shape index (κ3) is 3.21. The van der Waals surface area contributed by atoms with Crippen molar-refractivity contribution in [2.75, 3.05) is 0 Å². The number of hydrogen-bond acceptors (Lipinski definition) is 1. The summed E-state index contributed by atoms with van der Waals surface area (Å²) >= 11 is 5.72. The number of hydrogen-bond donors (Lipinski definition) is 1. The monoisotopic (exact) mass is 196 g/mol. The van der Waals surface area contributed by atoms with Crippen molar-refractivity contribution in [3.8, 4) is 0 Å². The molecule has 70 valence electrons. The Kier molecular flexibility index (Phi) is 3.52. The van der Waals surface area contributed by atoms with Gasteiger partial charge < -0.3 is 5.11 Å². The molecule has 1 N–H and O–H groups in total. The lowest BCUT2D eigenvalue weighted by molar-refractivity contribution is 0.178. The number of aliphatic hydroxyl groups excluding tert-OH is 1. The maximum Gasteiger partial charge on any atom is 0.0826 e. The highest BCUT2D eigenvalue weighted by atomic mass is 35.5. The van der Waals surface area contributed by atoms with Crippen LogP contribution < -0.4 is 0 Å². The molecule has 1 aromatic carbocycles. The van der Waals surface area contributed by atoms with Gasteiger partial charge in [0.1, 0.15) is 0 Å². The number of benzene rings is 1. The lowest BCUT2D eigenvalue weighted by Gasteiger charge is -2.10. The summed E-state index contributed by atoms with van der Waals surface area (Å²) in [6.07, 6.45) is 0.136. The molecule has 1 atom stereocenters. The molecule has 13 heavy (non-hydrogen) atoms. The summed E-state index contributed by atoms with van der Waals surface area (Å²) in [5, 5.41) is 10.4. The molecule has 0 fully saturated rings. The molecule has 1 aromatic rings. The lowest BCUT2D eigenvalue weighted by Crippen LogP contribution is -1.96. The van der Waals surface area contributed by atoms with Crippen LogP contribution in [0.5, 0.6) is 0 Å². The topological polar surface area (TPSA) is 20.2 Å². The summed E-state index contributed by atoms with van der Waals surface area (Å²) in [5.41, 5.74) is 1.86. The molecule has 0 radical (unpaired) electrons. The van der Waals surface area contributed by atoms with Gasteiger partial charge in [-0.05, 0) is 31.0 Å². The molecular weight excluding hydrogens is 184 g/mol. The molecule has 0 aromatic heterocycles. The van der Waals surface area contributed by atoms with E-state index in [1.54, 1.807) is 12.1 Å². The summed E-state index contributed by atoms with van der Waals surface area (Å²) in [4.78, 5) is 0. The Morgan fingerprint density at radius 3 is 2.46 bits per heavy atom. The Morgan fingerprint density at radius 1 is 1.46 bits per heavy atom. The van der Waals surface area contributed by atoms with Gasteiger partial charge in [0.15, 0.2) is 0 Å². The highest BCUT2D eigenvalue weighted by molar-refractivity contribution is 6.30. The third-order valence-corrected chi connectivity index (χ3v) is 2.05. The van der Waals surface area contributed by atoms with E-state index >= 15 is 0 Å². The zero-order valence-electron chi connectivity index (χ0n) is 7.63. The summed E-state index contributed by atoms with van der Waals surface area (Å²) in [6, 6.07) is 7.21. The number of rotatable bonds is 3. The Balaban J connectivity index is 2.71. The third-order valence-electron chi connectivity index (χ3n) is 1.80. The van der Waals surface area contributed by atoms with Crippen molar-refractivity contribution in [1.29, 1.82) is 0 Å². The largest absolute Gasteiger partial charge is 0.388 e. The number of aliphatic hydroxyl groups is 1. The molecule has 0 saturated carbocycles. The zero-order valence-corrected chi connectivity index (χ0v) is 8.38. The van der Waals surface area contributed by atoms with Gasteiger partial charge in [-0.15, -0.1) is 6.58 Å². The molecule has 2 heteroatoms. The molecule has 0 spiro atoms. The summed E-state index contributed by atoms with van der Waals surface area (Å²) < 4.78 is 0. The van der Waals surface area contributed by atoms with Crippen molar-refractivity contribution >= 4 is 11.6 Å². The molecule has 0 bridgehead atoms. The summed E-state index contributed by atoms with van der Waals surface area (Å²) in [7, 11) is 0. The second kappa shape index (κ2) is 4.45. The van der Waals surface area contributed by atoms with Crippen LogP contribution in [0.2, 0.25) is 5.02 Å². The van der Waals surface area contributed by atoms with Crippen molar-refractivity contribution in [2.24, 2.45) is 0 Å². The van der Waals surface area contributed by atoms with E-state index in [1.807, 2.05) is 19.1 Å². The maximum atomic E-state index is 9.68. The average molecular weight is 197 g/mol. The van der Waals surface area contributed by atoms with E-state index in [1.165, 1.54) is 0 Å². The lowest BCUT2D eigenvalue weighted by atomic mass is 10.0. The van der Waals surface area contributed by atoms with Gasteiger partial charge in [0.2, 0.25) is 0 Å². The molecule has 0 heterocycles. The van der Waals surface area contributed by atoms with Gasteiger partial charge in [0.05, 0.1) is 6.10 Å². The van der Waals surface area contributed by atoms with Gasteiger partial charge in [0, 0.05) is 5.02 Å². The normalized spacial score (nSPS) is 12.5. The standard InChI is InChI=1S/C11H13ClO/c1-8(2)7-11(13)9-3-5-10(12)6-4-9/h3-6,11,13H,1,7H2,2H3/t11-/m1/s1. The smallest absolute Gasteiger partial charge is 0.0826 e. The fraction of sp³-hybridized carbons (Fsp3) is 0.273. The minimum atomic E-state index is -0.463. The maximum absolute atomic E-state index is 9.68. The van der Waals surface area contributed by atoms with Gasteiger partial charge in [-0.3, -0.25) is 0 Å². The predicted octanol–water partition coefficient (Wildman–Crippen LogP) is 3.34. The van der Waals surface area contributed by atoms with Crippen LogP contribution >= 0.6 is 11.6 Å². The van der Waals surface area contributed by atoms with E-state index in [0.717, 1.165) is 11.1 Å². The minimum absolute atomic E-state index is 0.463. The Hall–Kier alpha value is -0.790. The summed E-state index contributed by atoms with van der Waals surface area (Å²) in [6.45, 7) is 5.65. The van der Waals surface area contributed by atoms with Crippen LogP contribution in [0, 0.1) is 0 Å². The van der Waals surface area contributed by atoms with Crippen LogP contribution in [0.25, 0.3) is 0 Å². The van der Waals surface area contributed by atoms with Gasteiger partial charge in [-0.25, -0.2) is 0 Å². The van der Waals surface area contributed by atoms with Crippen LogP contribution in [0.1, 0.15) is 25.0 Å². The van der Waals surface area contributed by atoms with Crippen LogP contribution in [0.4, 0.5) is 0 Å². The Labute approximate surface area is 83.7 Å².